The Morgan fingerprint density at radius 3 is 2.17 bits per heavy atom. The van der Waals surface area contributed by atoms with Crippen molar-refractivity contribution in [2.24, 2.45) is 11.3 Å². The van der Waals surface area contributed by atoms with Gasteiger partial charge in [0, 0.05) is 6.42 Å². The first kappa shape index (κ1) is 21.3. The minimum Gasteiger partial charge on any atom is -0.430 e. The molecule has 2 aromatic rings. The van der Waals surface area contributed by atoms with E-state index in [1.807, 2.05) is 32.9 Å². The zero-order chi connectivity index (χ0) is 21.3. The van der Waals surface area contributed by atoms with Gasteiger partial charge in [-0.05, 0) is 100 Å². The molecule has 1 aliphatic rings. The van der Waals surface area contributed by atoms with E-state index in [-0.39, 0.29) is 11.8 Å². The van der Waals surface area contributed by atoms with Gasteiger partial charge in [-0.1, -0.05) is 29.8 Å². The van der Waals surface area contributed by atoms with Crippen LogP contribution in [0.5, 0.6) is 0 Å². The van der Waals surface area contributed by atoms with E-state index in [4.69, 9.17) is 4.74 Å². The Hall–Kier alpha value is -2.42. The summed E-state index contributed by atoms with van der Waals surface area (Å²) in [6.45, 7) is 12.0. The quantitative estimate of drug-likeness (QED) is 0.539. The Labute approximate surface area is 173 Å². The Morgan fingerprint density at radius 2 is 1.62 bits per heavy atom. The molecule has 1 aliphatic carbocycles. The minimum absolute atomic E-state index is 0.199. The summed E-state index contributed by atoms with van der Waals surface area (Å²) in [6, 6.07) is 11.1. The largest absolute Gasteiger partial charge is 0.430 e. The predicted molar refractivity (Wildman–Crippen MR) is 116 cm³/mol. The SMILES string of the molecule is Cc1cc(C)c(C2=C(OC(=O)C(C)(C)C)CC(Cc3ccc(F)cc3)C2)c(C)c1. The van der Waals surface area contributed by atoms with Gasteiger partial charge in [-0.25, -0.2) is 4.39 Å². The lowest BCUT2D eigenvalue weighted by Gasteiger charge is -2.19. The highest BCUT2D eigenvalue weighted by Gasteiger charge is 2.32. The topological polar surface area (TPSA) is 26.3 Å². The van der Waals surface area contributed by atoms with Crippen LogP contribution in [0.2, 0.25) is 0 Å². The molecule has 0 bridgehead atoms. The number of allylic oxidation sites excluding steroid dienone is 2. The van der Waals surface area contributed by atoms with Crippen molar-refractivity contribution in [3.05, 3.63) is 75.8 Å². The second kappa shape index (κ2) is 8.14. The molecule has 0 spiro atoms. The molecular weight excluding hydrogens is 363 g/mol. The average Bonchev–Trinajstić information content (AvgIpc) is 2.97. The van der Waals surface area contributed by atoms with Crippen molar-refractivity contribution in [3.8, 4) is 0 Å². The number of hydrogen-bond acceptors (Lipinski definition) is 2. The molecule has 3 rings (SSSR count). The summed E-state index contributed by atoms with van der Waals surface area (Å²) in [7, 11) is 0. The van der Waals surface area contributed by atoms with Crippen LogP contribution < -0.4 is 0 Å². The smallest absolute Gasteiger partial charge is 0.316 e. The molecular formula is C26H31FO2. The maximum Gasteiger partial charge on any atom is 0.316 e. The molecule has 2 aromatic carbocycles. The molecule has 0 saturated heterocycles. The molecule has 0 aliphatic heterocycles. The highest BCUT2D eigenvalue weighted by Crippen LogP contribution is 2.43. The highest BCUT2D eigenvalue weighted by molar-refractivity contribution is 5.81. The summed E-state index contributed by atoms with van der Waals surface area (Å²) in [5.41, 5.74) is 6.56. The van der Waals surface area contributed by atoms with E-state index in [1.165, 1.54) is 34.4 Å². The third-order valence-corrected chi connectivity index (χ3v) is 5.55. The number of ether oxygens (including phenoxy) is 1. The Balaban J connectivity index is 1.94. The number of halogens is 1. The summed E-state index contributed by atoms with van der Waals surface area (Å²) in [6.07, 6.45) is 2.42. The molecule has 29 heavy (non-hydrogen) atoms. The fraction of sp³-hybridized carbons (Fsp3) is 0.423. The molecule has 3 heteroatoms. The predicted octanol–water partition coefficient (Wildman–Crippen LogP) is 6.70. The number of hydrogen-bond donors (Lipinski definition) is 0. The first-order chi connectivity index (χ1) is 13.5. The third kappa shape index (κ3) is 4.95. The summed E-state index contributed by atoms with van der Waals surface area (Å²) < 4.78 is 19.2. The molecule has 0 aromatic heterocycles. The molecule has 0 N–H and O–H groups in total. The zero-order valence-electron chi connectivity index (χ0n) is 18.4. The lowest BCUT2D eigenvalue weighted by molar-refractivity contribution is -0.148. The average molecular weight is 395 g/mol. The van der Waals surface area contributed by atoms with Crippen LogP contribution in [0.15, 0.2) is 42.2 Å². The van der Waals surface area contributed by atoms with Crippen molar-refractivity contribution in [3.63, 3.8) is 0 Å². The molecule has 0 saturated carbocycles. The van der Waals surface area contributed by atoms with Crippen molar-refractivity contribution in [2.75, 3.05) is 0 Å². The van der Waals surface area contributed by atoms with Crippen molar-refractivity contribution in [1.29, 1.82) is 0 Å². The van der Waals surface area contributed by atoms with Gasteiger partial charge in [0.25, 0.3) is 0 Å². The minimum atomic E-state index is -0.551. The third-order valence-electron chi connectivity index (χ3n) is 5.55. The van der Waals surface area contributed by atoms with Gasteiger partial charge in [-0.2, -0.15) is 0 Å². The van der Waals surface area contributed by atoms with Gasteiger partial charge in [-0.15, -0.1) is 0 Å². The first-order valence-corrected chi connectivity index (χ1v) is 10.3. The van der Waals surface area contributed by atoms with E-state index in [0.29, 0.717) is 5.92 Å². The van der Waals surface area contributed by atoms with Crippen LogP contribution in [-0.2, 0) is 16.0 Å². The van der Waals surface area contributed by atoms with Crippen LogP contribution in [0.3, 0.4) is 0 Å². The normalized spacial score (nSPS) is 17.0. The molecule has 2 nitrogen and oxygen atoms in total. The van der Waals surface area contributed by atoms with Crippen LogP contribution in [0, 0.1) is 37.9 Å². The lowest BCUT2D eigenvalue weighted by Crippen LogP contribution is -2.22. The van der Waals surface area contributed by atoms with E-state index in [1.54, 1.807) is 0 Å². The van der Waals surface area contributed by atoms with E-state index < -0.39 is 5.41 Å². The van der Waals surface area contributed by atoms with Crippen LogP contribution >= 0.6 is 0 Å². The number of esters is 1. The van der Waals surface area contributed by atoms with Gasteiger partial charge < -0.3 is 4.74 Å². The standard InChI is InChI=1S/C26H31FO2/c1-16-11-17(2)24(18(3)12-16)22-14-20(13-19-7-9-21(27)10-8-19)15-23(22)29-25(28)26(4,5)6/h7-12,20H,13-15H2,1-6H3. The Bertz CT molecular complexity index is 923. The summed E-state index contributed by atoms with van der Waals surface area (Å²) in [5, 5.41) is 0. The second-order valence-corrected chi connectivity index (χ2v) is 9.42. The molecule has 0 fully saturated rings. The van der Waals surface area contributed by atoms with Crippen molar-refractivity contribution in [2.45, 2.75) is 60.8 Å². The van der Waals surface area contributed by atoms with Gasteiger partial charge in [0.15, 0.2) is 0 Å². The van der Waals surface area contributed by atoms with Gasteiger partial charge in [0.2, 0.25) is 0 Å². The van der Waals surface area contributed by atoms with Crippen molar-refractivity contribution in [1.82, 2.24) is 0 Å². The molecule has 0 heterocycles. The zero-order valence-corrected chi connectivity index (χ0v) is 18.4. The van der Waals surface area contributed by atoms with Crippen LogP contribution in [0.25, 0.3) is 5.57 Å². The highest BCUT2D eigenvalue weighted by atomic mass is 19.1. The van der Waals surface area contributed by atoms with E-state index in [2.05, 4.69) is 32.9 Å². The fourth-order valence-electron chi connectivity index (χ4n) is 4.22. The number of benzene rings is 2. The number of carbonyl (C=O) groups is 1. The molecule has 1 unspecified atom stereocenters. The summed E-state index contributed by atoms with van der Waals surface area (Å²) in [5.74, 6) is 0.713. The summed E-state index contributed by atoms with van der Waals surface area (Å²) >= 11 is 0. The van der Waals surface area contributed by atoms with Crippen LogP contribution in [0.1, 0.15) is 61.4 Å². The maximum absolute atomic E-state index is 13.3. The second-order valence-electron chi connectivity index (χ2n) is 9.42. The van der Waals surface area contributed by atoms with E-state index in [0.717, 1.165) is 36.2 Å². The maximum atomic E-state index is 13.3. The van der Waals surface area contributed by atoms with Crippen LogP contribution in [0.4, 0.5) is 4.39 Å². The van der Waals surface area contributed by atoms with Crippen LogP contribution in [-0.4, -0.2) is 5.97 Å². The van der Waals surface area contributed by atoms with E-state index >= 15 is 0 Å². The Kier molecular flexibility index (Phi) is 5.97. The van der Waals surface area contributed by atoms with Crippen molar-refractivity contribution < 1.29 is 13.9 Å². The Morgan fingerprint density at radius 1 is 1.03 bits per heavy atom. The molecule has 1 atom stereocenters. The number of carbonyl (C=O) groups excluding carboxylic acids is 1. The van der Waals surface area contributed by atoms with Gasteiger partial charge >= 0.3 is 5.97 Å². The first-order valence-electron chi connectivity index (χ1n) is 10.3. The monoisotopic (exact) mass is 394 g/mol. The fourth-order valence-corrected chi connectivity index (χ4v) is 4.22. The lowest BCUT2D eigenvalue weighted by atomic mass is 9.90. The van der Waals surface area contributed by atoms with Gasteiger partial charge in [-0.3, -0.25) is 4.79 Å². The van der Waals surface area contributed by atoms with Gasteiger partial charge in [0.05, 0.1) is 5.41 Å². The molecule has 0 amide bonds. The number of rotatable bonds is 4. The number of aryl methyl sites for hydroxylation is 3. The molecule has 0 radical (unpaired) electrons. The summed E-state index contributed by atoms with van der Waals surface area (Å²) in [4.78, 5) is 12.6. The van der Waals surface area contributed by atoms with E-state index in [9.17, 15) is 9.18 Å². The van der Waals surface area contributed by atoms with Crippen molar-refractivity contribution >= 4 is 11.5 Å². The molecule has 154 valence electrons. The van der Waals surface area contributed by atoms with Gasteiger partial charge in [0.1, 0.15) is 11.6 Å².